The van der Waals surface area contributed by atoms with E-state index in [0.29, 0.717) is 6.54 Å². The van der Waals surface area contributed by atoms with Gasteiger partial charge in [0.2, 0.25) is 5.91 Å². The van der Waals surface area contributed by atoms with Crippen molar-refractivity contribution in [2.45, 2.75) is 33.7 Å². The fraction of sp³-hybridized carbons (Fsp3) is 0.364. The molecular formula is C22H31IN4O2. The number of nitrogens with one attached hydrogen (secondary N) is 3. The van der Waals surface area contributed by atoms with Gasteiger partial charge in [-0.2, -0.15) is 0 Å². The molecule has 0 fully saturated rings. The molecule has 0 heterocycles. The maximum atomic E-state index is 11.2. The number of hydrogen-bond acceptors (Lipinski definition) is 3. The summed E-state index contributed by atoms with van der Waals surface area (Å²) in [6.07, 6.45) is 0.841. The number of rotatable bonds is 8. The Morgan fingerprint density at radius 2 is 1.93 bits per heavy atom. The quantitative estimate of drug-likeness (QED) is 0.286. The fourth-order valence-electron chi connectivity index (χ4n) is 2.88. The zero-order valence-electron chi connectivity index (χ0n) is 17.5. The minimum absolute atomic E-state index is 0. The highest BCUT2D eigenvalue weighted by molar-refractivity contribution is 14.0. The third kappa shape index (κ3) is 8.72. The van der Waals surface area contributed by atoms with Gasteiger partial charge in [0.15, 0.2) is 5.96 Å². The summed E-state index contributed by atoms with van der Waals surface area (Å²) < 4.78 is 5.45. The summed E-state index contributed by atoms with van der Waals surface area (Å²) >= 11 is 0. The van der Waals surface area contributed by atoms with Crippen molar-refractivity contribution in [1.29, 1.82) is 0 Å². The predicted octanol–water partition coefficient (Wildman–Crippen LogP) is 3.88. The maximum Gasteiger partial charge on any atom is 0.221 e. The van der Waals surface area contributed by atoms with Gasteiger partial charge in [0.1, 0.15) is 5.75 Å². The molecule has 2 aromatic rings. The van der Waals surface area contributed by atoms with Gasteiger partial charge in [0.05, 0.1) is 13.7 Å². The molecule has 2 aromatic carbocycles. The first-order chi connectivity index (χ1) is 13.5. The fourth-order valence-corrected chi connectivity index (χ4v) is 2.88. The highest BCUT2D eigenvalue weighted by atomic mass is 127. The highest BCUT2D eigenvalue weighted by Crippen LogP contribution is 2.19. The van der Waals surface area contributed by atoms with Crippen LogP contribution in [0.1, 0.15) is 30.5 Å². The molecule has 6 nitrogen and oxygen atoms in total. The number of carbonyl (C=O) groups excluding carboxylic acids is 1. The van der Waals surface area contributed by atoms with E-state index in [2.05, 4.69) is 40.0 Å². The number of hydrogen-bond donors (Lipinski definition) is 3. The van der Waals surface area contributed by atoms with Crippen molar-refractivity contribution in [1.82, 2.24) is 10.6 Å². The minimum Gasteiger partial charge on any atom is -0.496 e. The van der Waals surface area contributed by atoms with Crippen LogP contribution in [0.15, 0.2) is 47.5 Å². The van der Waals surface area contributed by atoms with Crippen LogP contribution in [0.25, 0.3) is 0 Å². The van der Waals surface area contributed by atoms with E-state index in [4.69, 9.17) is 4.74 Å². The molecule has 0 aliphatic carbocycles. The summed E-state index contributed by atoms with van der Waals surface area (Å²) in [7, 11) is 1.70. The molecule has 0 saturated heterocycles. The number of anilines is 1. The molecule has 0 bridgehead atoms. The molecule has 0 saturated carbocycles. The summed E-state index contributed by atoms with van der Waals surface area (Å²) in [5, 5.41) is 9.43. The smallest absolute Gasteiger partial charge is 0.221 e. The Bertz CT molecular complexity index is 824. The van der Waals surface area contributed by atoms with Crippen molar-refractivity contribution in [3.05, 3.63) is 59.2 Å². The number of nitrogens with zero attached hydrogens (tertiary/aromatic N) is 1. The van der Waals surface area contributed by atoms with Gasteiger partial charge in [0.25, 0.3) is 0 Å². The Labute approximate surface area is 190 Å². The predicted molar refractivity (Wildman–Crippen MR) is 130 cm³/mol. The molecule has 158 valence electrons. The molecule has 0 radical (unpaired) electrons. The van der Waals surface area contributed by atoms with E-state index in [1.165, 1.54) is 18.1 Å². The van der Waals surface area contributed by atoms with E-state index in [1.54, 1.807) is 7.11 Å². The molecule has 2 rings (SSSR count). The normalized spacial score (nSPS) is 10.7. The van der Waals surface area contributed by atoms with Gasteiger partial charge in [-0.3, -0.25) is 4.79 Å². The van der Waals surface area contributed by atoms with Crippen molar-refractivity contribution in [3.8, 4) is 5.75 Å². The molecule has 29 heavy (non-hydrogen) atoms. The number of aryl methyl sites for hydroxylation is 1. The average Bonchev–Trinajstić information content (AvgIpc) is 2.66. The first-order valence-corrected chi connectivity index (χ1v) is 9.54. The number of methoxy groups -OCH3 is 1. The lowest BCUT2D eigenvalue weighted by Crippen LogP contribution is -2.38. The van der Waals surface area contributed by atoms with Crippen molar-refractivity contribution in [3.63, 3.8) is 0 Å². The number of ether oxygens (including phenoxy) is 1. The molecule has 0 atom stereocenters. The van der Waals surface area contributed by atoms with Crippen LogP contribution in [0, 0.1) is 6.92 Å². The molecule has 3 N–H and O–H groups in total. The van der Waals surface area contributed by atoms with Gasteiger partial charge in [0, 0.05) is 25.7 Å². The molecule has 0 aromatic heterocycles. The Kier molecular flexibility index (Phi) is 11.1. The Hall–Kier alpha value is -2.29. The topological polar surface area (TPSA) is 74.8 Å². The van der Waals surface area contributed by atoms with Crippen molar-refractivity contribution in [2.24, 2.45) is 4.99 Å². The third-order valence-electron chi connectivity index (χ3n) is 4.13. The second-order valence-electron chi connectivity index (χ2n) is 6.57. The van der Waals surface area contributed by atoms with Crippen LogP contribution >= 0.6 is 24.0 Å². The molecule has 0 aliphatic heterocycles. The van der Waals surface area contributed by atoms with E-state index in [1.807, 2.05) is 37.3 Å². The van der Waals surface area contributed by atoms with Crippen LogP contribution < -0.4 is 20.7 Å². The van der Waals surface area contributed by atoms with E-state index in [0.717, 1.165) is 42.5 Å². The SMILES string of the molecule is CCNC(=NCc1cccc(NC(C)=O)c1)NCCc1cc(C)ccc1OC.I. The van der Waals surface area contributed by atoms with Gasteiger partial charge in [-0.1, -0.05) is 29.8 Å². The van der Waals surface area contributed by atoms with Gasteiger partial charge >= 0.3 is 0 Å². The molecule has 7 heteroatoms. The van der Waals surface area contributed by atoms with E-state index < -0.39 is 0 Å². The van der Waals surface area contributed by atoms with Crippen LogP contribution in [0.4, 0.5) is 5.69 Å². The monoisotopic (exact) mass is 510 g/mol. The summed E-state index contributed by atoms with van der Waals surface area (Å²) in [4.78, 5) is 15.9. The zero-order chi connectivity index (χ0) is 20.4. The third-order valence-corrected chi connectivity index (χ3v) is 4.13. The molecule has 0 spiro atoms. The Balaban J connectivity index is 0.00000420. The number of amides is 1. The number of halogens is 1. The lowest BCUT2D eigenvalue weighted by atomic mass is 10.1. The van der Waals surface area contributed by atoms with Crippen LogP contribution in [0.3, 0.4) is 0 Å². The van der Waals surface area contributed by atoms with Crippen molar-refractivity contribution in [2.75, 3.05) is 25.5 Å². The van der Waals surface area contributed by atoms with E-state index >= 15 is 0 Å². The van der Waals surface area contributed by atoms with Crippen LogP contribution in [0.5, 0.6) is 5.75 Å². The van der Waals surface area contributed by atoms with E-state index in [-0.39, 0.29) is 29.9 Å². The van der Waals surface area contributed by atoms with Gasteiger partial charge in [-0.25, -0.2) is 4.99 Å². The summed E-state index contributed by atoms with van der Waals surface area (Å²) in [6.45, 7) is 7.68. The number of aliphatic imine (C=N–C) groups is 1. The lowest BCUT2D eigenvalue weighted by molar-refractivity contribution is -0.114. The first-order valence-electron chi connectivity index (χ1n) is 9.54. The van der Waals surface area contributed by atoms with Crippen LogP contribution in [-0.2, 0) is 17.8 Å². The second-order valence-corrected chi connectivity index (χ2v) is 6.57. The van der Waals surface area contributed by atoms with Crippen LogP contribution in [0.2, 0.25) is 0 Å². The van der Waals surface area contributed by atoms with Gasteiger partial charge in [-0.15, -0.1) is 24.0 Å². The molecular weight excluding hydrogens is 479 g/mol. The van der Waals surface area contributed by atoms with Gasteiger partial charge < -0.3 is 20.7 Å². The largest absolute Gasteiger partial charge is 0.496 e. The standard InChI is InChI=1S/C22H30N4O2.HI/c1-5-23-22(24-12-11-19-13-16(2)9-10-21(19)28-4)25-15-18-7-6-8-20(14-18)26-17(3)27;/h6-10,13-14H,5,11-12,15H2,1-4H3,(H,26,27)(H2,23,24,25);1H. The highest BCUT2D eigenvalue weighted by Gasteiger charge is 2.04. The van der Waals surface area contributed by atoms with Crippen molar-refractivity contribution >= 4 is 41.5 Å². The number of benzene rings is 2. The zero-order valence-corrected chi connectivity index (χ0v) is 19.9. The summed E-state index contributed by atoms with van der Waals surface area (Å²) in [6, 6.07) is 13.9. The number of guanidine groups is 1. The molecule has 1 amide bonds. The molecule has 0 aliphatic rings. The minimum atomic E-state index is -0.0813. The second kappa shape index (κ2) is 13.0. The number of carbonyl (C=O) groups is 1. The first kappa shape index (κ1) is 24.7. The van der Waals surface area contributed by atoms with E-state index in [9.17, 15) is 4.79 Å². The van der Waals surface area contributed by atoms with Gasteiger partial charge in [-0.05, 0) is 49.6 Å². The lowest BCUT2D eigenvalue weighted by Gasteiger charge is -2.13. The summed E-state index contributed by atoms with van der Waals surface area (Å²) in [5.41, 5.74) is 4.21. The molecule has 0 unspecified atom stereocenters. The van der Waals surface area contributed by atoms with Crippen molar-refractivity contribution < 1.29 is 9.53 Å². The average molecular weight is 510 g/mol. The van der Waals surface area contributed by atoms with Crippen LogP contribution in [-0.4, -0.2) is 32.1 Å². The summed E-state index contributed by atoms with van der Waals surface area (Å²) in [5.74, 6) is 1.59. The maximum absolute atomic E-state index is 11.2. The Morgan fingerprint density at radius 3 is 2.62 bits per heavy atom. The Morgan fingerprint density at radius 1 is 1.14 bits per heavy atom.